The van der Waals surface area contributed by atoms with Gasteiger partial charge in [0.2, 0.25) is 5.91 Å². The molecule has 1 aliphatic heterocycles. The molecule has 22 heavy (non-hydrogen) atoms. The number of carboxylic acid groups (broad SMARTS) is 1. The second kappa shape index (κ2) is 7.68. The maximum Gasteiger partial charge on any atom is 0.303 e. The highest BCUT2D eigenvalue weighted by atomic mass is 16.5. The molecule has 1 amide bonds. The van der Waals surface area contributed by atoms with E-state index in [4.69, 9.17) is 9.84 Å². The van der Waals surface area contributed by atoms with Gasteiger partial charge in [0, 0.05) is 25.6 Å². The molecular formula is C16H22N2O4. The van der Waals surface area contributed by atoms with Crippen LogP contribution >= 0.6 is 0 Å². The number of hydrogen-bond acceptors (Lipinski definition) is 4. The van der Waals surface area contributed by atoms with E-state index in [0.717, 1.165) is 37.4 Å². The van der Waals surface area contributed by atoms with Crippen LogP contribution in [-0.2, 0) is 9.59 Å². The zero-order chi connectivity index (χ0) is 15.9. The van der Waals surface area contributed by atoms with Gasteiger partial charge in [0.25, 0.3) is 0 Å². The minimum Gasteiger partial charge on any atom is -0.495 e. The van der Waals surface area contributed by atoms with Crippen molar-refractivity contribution < 1.29 is 19.4 Å². The monoisotopic (exact) mass is 306 g/mol. The Bertz CT molecular complexity index is 525. The second-order valence-electron chi connectivity index (χ2n) is 5.39. The molecule has 120 valence electrons. The summed E-state index contributed by atoms with van der Waals surface area (Å²) in [6.07, 6.45) is 1.61. The molecule has 1 aliphatic rings. The normalized spacial score (nSPS) is 15.4. The molecule has 1 saturated heterocycles. The number of carboxylic acids is 1. The lowest BCUT2D eigenvalue weighted by Gasteiger charge is -2.34. The van der Waals surface area contributed by atoms with Crippen LogP contribution in [-0.4, -0.2) is 43.2 Å². The van der Waals surface area contributed by atoms with Crippen molar-refractivity contribution in [3.63, 3.8) is 0 Å². The van der Waals surface area contributed by atoms with Gasteiger partial charge in [0.05, 0.1) is 19.2 Å². The Balaban J connectivity index is 1.83. The van der Waals surface area contributed by atoms with E-state index in [0.29, 0.717) is 0 Å². The predicted molar refractivity (Wildman–Crippen MR) is 83.2 cm³/mol. The minimum atomic E-state index is -0.943. The van der Waals surface area contributed by atoms with Crippen molar-refractivity contribution in [2.24, 2.45) is 0 Å². The largest absolute Gasteiger partial charge is 0.495 e. The average molecular weight is 306 g/mol. The topological polar surface area (TPSA) is 78.9 Å². The Kier molecular flexibility index (Phi) is 5.63. The van der Waals surface area contributed by atoms with Gasteiger partial charge in [-0.3, -0.25) is 9.59 Å². The molecule has 1 fully saturated rings. The summed E-state index contributed by atoms with van der Waals surface area (Å²) in [5.74, 6) is -0.272. The van der Waals surface area contributed by atoms with Gasteiger partial charge in [0.1, 0.15) is 5.75 Å². The minimum absolute atomic E-state index is 0.0437. The van der Waals surface area contributed by atoms with Crippen LogP contribution in [0, 0.1) is 0 Å². The van der Waals surface area contributed by atoms with Gasteiger partial charge < -0.3 is 20.1 Å². The molecule has 2 N–H and O–H groups in total. The van der Waals surface area contributed by atoms with Crippen molar-refractivity contribution in [1.29, 1.82) is 0 Å². The van der Waals surface area contributed by atoms with E-state index in [1.807, 2.05) is 24.3 Å². The number of anilines is 1. The standard InChI is InChI=1S/C16H22N2O4/c1-22-14-5-3-2-4-13(14)18-10-8-12(9-11-18)17-15(19)6-7-16(20)21/h2-5,12H,6-11H2,1H3,(H,17,19)(H,20,21). The van der Waals surface area contributed by atoms with Gasteiger partial charge in [-0.15, -0.1) is 0 Å². The van der Waals surface area contributed by atoms with Gasteiger partial charge in [-0.1, -0.05) is 12.1 Å². The quantitative estimate of drug-likeness (QED) is 0.835. The first-order chi connectivity index (χ1) is 10.6. The number of aliphatic carboxylic acids is 1. The van der Waals surface area contributed by atoms with Crippen molar-refractivity contribution in [2.75, 3.05) is 25.1 Å². The summed E-state index contributed by atoms with van der Waals surface area (Å²) >= 11 is 0. The predicted octanol–water partition coefficient (Wildman–Crippen LogP) is 1.64. The van der Waals surface area contributed by atoms with Crippen LogP contribution in [0.3, 0.4) is 0 Å². The third kappa shape index (κ3) is 4.38. The molecule has 0 saturated carbocycles. The Morgan fingerprint density at radius 3 is 2.59 bits per heavy atom. The third-order valence-corrected chi connectivity index (χ3v) is 3.85. The Labute approximate surface area is 130 Å². The van der Waals surface area contributed by atoms with Crippen molar-refractivity contribution in [2.45, 2.75) is 31.7 Å². The van der Waals surface area contributed by atoms with Gasteiger partial charge in [-0.05, 0) is 25.0 Å². The molecule has 1 heterocycles. The summed E-state index contributed by atoms with van der Waals surface area (Å²) in [6, 6.07) is 8.02. The van der Waals surface area contributed by atoms with E-state index >= 15 is 0 Å². The summed E-state index contributed by atoms with van der Waals surface area (Å²) in [6.45, 7) is 1.68. The third-order valence-electron chi connectivity index (χ3n) is 3.85. The van der Waals surface area contributed by atoms with Crippen molar-refractivity contribution in [3.8, 4) is 5.75 Å². The Hall–Kier alpha value is -2.24. The second-order valence-corrected chi connectivity index (χ2v) is 5.39. The molecule has 6 nitrogen and oxygen atoms in total. The molecular weight excluding hydrogens is 284 g/mol. The van der Waals surface area contributed by atoms with Crippen molar-refractivity contribution in [1.82, 2.24) is 5.32 Å². The number of nitrogens with one attached hydrogen (secondary N) is 1. The van der Waals surface area contributed by atoms with Crippen molar-refractivity contribution >= 4 is 17.6 Å². The maximum absolute atomic E-state index is 11.7. The smallest absolute Gasteiger partial charge is 0.303 e. The summed E-state index contributed by atoms with van der Waals surface area (Å²) in [5.41, 5.74) is 1.07. The highest BCUT2D eigenvalue weighted by molar-refractivity contribution is 5.80. The summed E-state index contributed by atoms with van der Waals surface area (Å²) < 4.78 is 5.38. The number of carbonyl (C=O) groups excluding carboxylic acids is 1. The maximum atomic E-state index is 11.7. The number of carbonyl (C=O) groups is 2. The molecule has 0 unspecified atom stereocenters. The number of ether oxygens (including phenoxy) is 1. The first-order valence-corrected chi connectivity index (χ1v) is 7.49. The number of methoxy groups -OCH3 is 1. The number of para-hydroxylation sites is 2. The van der Waals surface area contributed by atoms with Crippen LogP contribution in [0.4, 0.5) is 5.69 Å². The number of amides is 1. The first kappa shape index (κ1) is 16.1. The molecule has 2 rings (SSSR count). The van der Waals surface area contributed by atoms with E-state index in [-0.39, 0.29) is 24.8 Å². The molecule has 0 aromatic heterocycles. The molecule has 6 heteroatoms. The number of nitrogens with zero attached hydrogens (tertiary/aromatic N) is 1. The zero-order valence-corrected chi connectivity index (χ0v) is 12.7. The van der Waals surface area contributed by atoms with E-state index in [9.17, 15) is 9.59 Å². The van der Waals surface area contributed by atoms with Crippen LogP contribution < -0.4 is 15.0 Å². The lowest BCUT2D eigenvalue weighted by molar-refractivity contribution is -0.138. The van der Waals surface area contributed by atoms with Crippen molar-refractivity contribution in [3.05, 3.63) is 24.3 Å². The summed E-state index contributed by atoms with van der Waals surface area (Å²) in [5, 5.41) is 11.5. The molecule has 0 bridgehead atoms. The first-order valence-electron chi connectivity index (χ1n) is 7.49. The van der Waals surface area contributed by atoms with E-state index < -0.39 is 5.97 Å². The van der Waals surface area contributed by atoms with E-state index in [1.165, 1.54) is 0 Å². The number of benzene rings is 1. The molecule has 1 aromatic carbocycles. The van der Waals surface area contributed by atoms with Crippen LogP contribution in [0.25, 0.3) is 0 Å². The fourth-order valence-corrected chi connectivity index (χ4v) is 2.68. The summed E-state index contributed by atoms with van der Waals surface area (Å²) in [4.78, 5) is 24.4. The zero-order valence-electron chi connectivity index (χ0n) is 12.7. The lowest BCUT2D eigenvalue weighted by atomic mass is 10.0. The average Bonchev–Trinajstić information content (AvgIpc) is 2.53. The van der Waals surface area contributed by atoms with Gasteiger partial charge >= 0.3 is 5.97 Å². The molecule has 0 atom stereocenters. The van der Waals surface area contributed by atoms with Crippen LogP contribution in [0.2, 0.25) is 0 Å². The van der Waals surface area contributed by atoms with E-state index in [2.05, 4.69) is 10.2 Å². The molecule has 0 spiro atoms. The van der Waals surface area contributed by atoms with Gasteiger partial charge in [0.15, 0.2) is 0 Å². The number of rotatable bonds is 6. The Morgan fingerprint density at radius 1 is 1.27 bits per heavy atom. The fraction of sp³-hybridized carbons (Fsp3) is 0.500. The fourth-order valence-electron chi connectivity index (χ4n) is 2.68. The van der Waals surface area contributed by atoms with E-state index in [1.54, 1.807) is 7.11 Å². The molecule has 1 aromatic rings. The molecule has 0 radical (unpaired) electrons. The SMILES string of the molecule is COc1ccccc1N1CCC(NC(=O)CCC(=O)O)CC1. The Morgan fingerprint density at radius 2 is 1.95 bits per heavy atom. The highest BCUT2D eigenvalue weighted by Gasteiger charge is 2.22. The van der Waals surface area contributed by atoms with Crippen LogP contribution in [0.1, 0.15) is 25.7 Å². The number of hydrogen-bond donors (Lipinski definition) is 2. The van der Waals surface area contributed by atoms with Gasteiger partial charge in [-0.2, -0.15) is 0 Å². The lowest BCUT2D eigenvalue weighted by Crippen LogP contribution is -2.44. The van der Waals surface area contributed by atoms with Crippen LogP contribution in [0.5, 0.6) is 5.75 Å². The highest BCUT2D eigenvalue weighted by Crippen LogP contribution is 2.29. The molecule has 0 aliphatic carbocycles. The van der Waals surface area contributed by atoms with Crippen LogP contribution in [0.15, 0.2) is 24.3 Å². The number of piperidine rings is 1. The summed E-state index contributed by atoms with van der Waals surface area (Å²) in [7, 11) is 1.66. The van der Waals surface area contributed by atoms with Gasteiger partial charge in [-0.25, -0.2) is 0 Å².